The summed E-state index contributed by atoms with van der Waals surface area (Å²) in [5.74, 6) is 1.92. The highest BCUT2D eigenvalue weighted by Gasteiger charge is 2.34. The molecule has 0 aliphatic heterocycles. The predicted molar refractivity (Wildman–Crippen MR) is 167 cm³/mol. The van der Waals surface area contributed by atoms with Gasteiger partial charge in [-0.2, -0.15) is 0 Å². The Morgan fingerprint density at radius 1 is 0.944 bits per heavy atom. The van der Waals surface area contributed by atoms with E-state index in [1.807, 2.05) is 27.7 Å². The first kappa shape index (κ1) is 31.8. The van der Waals surface area contributed by atoms with Gasteiger partial charge in [0.1, 0.15) is 0 Å². The van der Waals surface area contributed by atoms with Crippen LogP contribution in [0, 0.1) is 5.92 Å². The van der Waals surface area contributed by atoms with Gasteiger partial charge in [0, 0.05) is 0 Å². The minimum absolute atomic E-state index is 0.349. The van der Waals surface area contributed by atoms with Crippen molar-refractivity contribution >= 4 is 12.3 Å². The van der Waals surface area contributed by atoms with Gasteiger partial charge in [-0.3, -0.25) is 0 Å². The third kappa shape index (κ3) is 8.68. The normalized spacial score (nSPS) is 15.3. The van der Waals surface area contributed by atoms with Crippen molar-refractivity contribution in [1.82, 2.24) is 0 Å². The zero-order valence-electron chi connectivity index (χ0n) is 24.7. The first-order valence-corrected chi connectivity index (χ1v) is 14.6. The second-order valence-electron chi connectivity index (χ2n) is 9.91. The second kappa shape index (κ2) is 17.2. The molecule has 0 heterocycles. The summed E-state index contributed by atoms with van der Waals surface area (Å²) >= 11 is 0. The van der Waals surface area contributed by atoms with Gasteiger partial charge in [-0.15, -0.1) is 6.58 Å². The van der Waals surface area contributed by atoms with E-state index in [0.717, 1.165) is 18.8 Å². The van der Waals surface area contributed by atoms with E-state index < -0.39 is 0 Å². The number of hydrogen-bond acceptors (Lipinski definition) is 0. The molecule has 196 valence electrons. The maximum absolute atomic E-state index is 4.43. The molecule has 0 aromatic heterocycles. The number of hydrogen-bond donors (Lipinski definition) is 0. The topological polar surface area (TPSA) is 0 Å². The highest BCUT2D eigenvalue weighted by molar-refractivity contribution is 6.62. The molecule has 0 nitrogen and oxygen atoms in total. The van der Waals surface area contributed by atoms with Gasteiger partial charge in [0.25, 0.3) is 0 Å². The minimum Gasteiger partial charge on any atom is -0.103 e. The number of benzene rings is 2. The Hall–Kier alpha value is -2.28. The molecule has 36 heavy (non-hydrogen) atoms. The molecule has 0 saturated heterocycles. The van der Waals surface area contributed by atoms with Gasteiger partial charge in [-0.05, 0) is 59.3 Å². The molecule has 1 heteroatoms. The van der Waals surface area contributed by atoms with E-state index in [4.69, 9.17) is 0 Å². The van der Waals surface area contributed by atoms with Gasteiger partial charge >= 0.3 is 0 Å². The van der Waals surface area contributed by atoms with Crippen molar-refractivity contribution in [2.24, 2.45) is 5.92 Å². The first-order chi connectivity index (χ1) is 17.5. The number of allylic oxidation sites excluding steroid dienone is 4. The first-order valence-electron chi connectivity index (χ1n) is 14.6. The van der Waals surface area contributed by atoms with Crippen molar-refractivity contribution in [3.63, 3.8) is 0 Å². The fourth-order valence-electron chi connectivity index (χ4n) is 5.78. The lowest BCUT2D eigenvalue weighted by molar-refractivity contribution is 0.520. The summed E-state index contributed by atoms with van der Waals surface area (Å²) in [5, 5.41) is 0. The Balaban J connectivity index is 0.00000154. The third-order valence-electron chi connectivity index (χ3n) is 7.82. The Morgan fingerprint density at radius 2 is 1.47 bits per heavy atom. The van der Waals surface area contributed by atoms with Crippen LogP contribution in [0.15, 0.2) is 85.0 Å². The highest BCUT2D eigenvalue weighted by Crippen LogP contribution is 2.44. The van der Waals surface area contributed by atoms with E-state index in [1.54, 1.807) is 0 Å². The molecule has 2 aromatic rings. The summed E-state index contributed by atoms with van der Waals surface area (Å²) in [6.45, 7) is 26.7. The smallest absolute Gasteiger partial charge is 0.103 e. The van der Waals surface area contributed by atoms with E-state index >= 15 is 0 Å². The quantitative estimate of drug-likeness (QED) is 0.179. The summed E-state index contributed by atoms with van der Waals surface area (Å²) in [4.78, 5) is 0. The summed E-state index contributed by atoms with van der Waals surface area (Å²) in [6, 6.07) is 19.9. The van der Waals surface area contributed by atoms with Crippen molar-refractivity contribution in [1.29, 1.82) is 0 Å². The van der Waals surface area contributed by atoms with Crippen LogP contribution in [0.25, 0.3) is 5.57 Å². The van der Waals surface area contributed by atoms with Gasteiger partial charge in [0.05, 0.1) is 0 Å². The maximum atomic E-state index is 4.43. The van der Waals surface area contributed by atoms with Crippen molar-refractivity contribution in [2.45, 2.75) is 105 Å². The lowest BCUT2D eigenvalue weighted by Gasteiger charge is -2.32. The maximum Gasteiger partial charge on any atom is 0.153 e. The van der Waals surface area contributed by atoms with Crippen molar-refractivity contribution in [2.75, 3.05) is 0 Å². The lowest BCUT2D eigenvalue weighted by Crippen LogP contribution is -2.27. The van der Waals surface area contributed by atoms with Gasteiger partial charge in [0.2, 0.25) is 0 Å². The van der Waals surface area contributed by atoms with Crippen LogP contribution in [0.1, 0.15) is 97.3 Å². The van der Waals surface area contributed by atoms with Crippen molar-refractivity contribution in [3.05, 3.63) is 102 Å². The van der Waals surface area contributed by atoms with E-state index in [1.165, 1.54) is 59.1 Å². The summed E-state index contributed by atoms with van der Waals surface area (Å²) in [7, 11) is 0. The van der Waals surface area contributed by atoms with Gasteiger partial charge in [-0.1, -0.05) is 153 Å². The summed E-state index contributed by atoms with van der Waals surface area (Å²) in [5.41, 5.74) is 8.07. The van der Waals surface area contributed by atoms with Gasteiger partial charge in [-0.25, -0.2) is 0 Å². The van der Waals surface area contributed by atoms with Crippen LogP contribution < -0.4 is 0 Å². The molecule has 1 aliphatic rings. The molecule has 1 fully saturated rings. The minimum atomic E-state index is 0.349. The highest BCUT2D eigenvalue weighted by atomic mass is 14.3. The average Bonchev–Trinajstić information content (AvgIpc) is 3.47. The number of rotatable bonds is 10. The molecule has 1 aliphatic carbocycles. The van der Waals surface area contributed by atoms with Crippen LogP contribution in [-0.2, 0) is 6.42 Å². The Bertz CT molecular complexity index is 913. The molecule has 0 spiro atoms. The molecule has 0 bridgehead atoms. The molecule has 2 atom stereocenters. The molecule has 0 N–H and O–H groups in total. The molecular formula is C35H53B. The van der Waals surface area contributed by atoms with Crippen LogP contribution in [-0.4, -0.2) is 6.71 Å². The Kier molecular flexibility index (Phi) is 15.2. The third-order valence-corrected chi connectivity index (χ3v) is 7.82. The average molecular weight is 485 g/mol. The van der Waals surface area contributed by atoms with Crippen molar-refractivity contribution < 1.29 is 0 Å². The van der Waals surface area contributed by atoms with Gasteiger partial charge in [0.15, 0.2) is 6.71 Å². The van der Waals surface area contributed by atoms with Crippen LogP contribution in [0.4, 0.5) is 0 Å². The van der Waals surface area contributed by atoms with E-state index in [-0.39, 0.29) is 0 Å². The van der Waals surface area contributed by atoms with Crippen LogP contribution in [0.5, 0.6) is 0 Å². The largest absolute Gasteiger partial charge is 0.153 e. The summed E-state index contributed by atoms with van der Waals surface area (Å²) < 4.78 is 0. The second-order valence-corrected chi connectivity index (χ2v) is 9.91. The molecule has 2 aromatic carbocycles. The van der Waals surface area contributed by atoms with E-state index in [2.05, 4.69) is 101 Å². The molecule has 3 rings (SSSR count). The van der Waals surface area contributed by atoms with Crippen LogP contribution >= 0.6 is 0 Å². The van der Waals surface area contributed by atoms with E-state index in [9.17, 15) is 0 Å². The molecular weight excluding hydrogens is 431 g/mol. The Morgan fingerprint density at radius 3 is 1.94 bits per heavy atom. The predicted octanol–water partition coefficient (Wildman–Crippen LogP) is 11.3. The monoisotopic (exact) mass is 484 g/mol. The molecule has 0 amide bonds. The van der Waals surface area contributed by atoms with Gasteiger partial charge < -0.3 is 0 Å². The van der Waals surface area contributed by atoms with Crippen LogP contribution in [0.3, 0.4) is 0 Å². The van der Waals surface area contributed by atoms with Crippen molar-refractivity contribution in [3.8, 4) is 0 Å². The lowest BCUT2D eigenvalue weighted by atomic mass is 9.32. The molecule has 1 unspecified atom stereocenters. The fourth-order valence-corrected chi connectivity index (χ4v) is 5.78. The SMILES string of the molecule is C=CC(B(C)[C@H](C)C1CCCC1)/C(C(=C)C)=C(\CC)c1ccc(Cc2ccccc2)cc1.CC.CC. The Labute approximate surface area is 225 Å². The van der Waals surface area contributed by atoms with E-state index in [0.29, 0.717) is 18.3 Å². The zero-order chi connectivity index (χ0) is 27.1. The van der Waals surface area contributed by atoms with Crippen LogP contribution in [0.2, 0.25) is 18.5 Å². The molecule has 0 radical (unpaired) electrons. The standard InChI is InChI=1S/C31H41B.2C2H6/c1-7-29(28-20-18-26(19-21-28)22-25-14-10-9-11-15-25)31(23(3)4)30(8-2)32(6)24(5)27-16-12-13-17-27;2*1-2/h8-11,14-15,18-21,24,27,30H,2-3,7,12-13,16-17,22H2,1,4-6H3;2*1-2H3/b31-29+;;/t24-,30?;;/m1../s1. The zero-order valence-corrected chi connectivity index (χ0v) is 24.7. The molecule has 1 saturated carbocycles. The fraction of sp³-hybridized carbons (Fsp3) is 0.486. The summed E-state index contributed by atoms with van der Waals surface area (Å²) in [6.07, 6.45) is 9.77.